The highest BCUT2D eigenvalue weighted by Crippen LogP contribution is 2.47. The van der Waals surface area contributed by atoms with Crippen LogP contribution in [0.5, 0.6) is 0 Å². The number of carbonyl (C=O) groups is 3. The molecular formula is C10H13NO4. The van der Waals surface area contributed by atoms with Crippen molar-refractivity contribution in [3.63, 3.8) is 0 Å². The molecule has 82 valence electrons. The molecule has 1 heterocycles. The molecular weight excluding hydrogens is 198 g/mol. The van der Waals surface area contributed by atoms with Crippen molar-refractivity contribution in [3.8, 4) is 0 Å². The second-order valence-electron chi connectivity index (χ2n) is 4.28. The predicted octanol–water partition coefficient (Wildman–Crippen LogP) is 0.245. The van der Waals surface area contributed by atoms with E-state index in [2.05, 4.69) is 0 Å². The first-order valence-electron chi connectivity index (χ1n) is 5.11. The Bertz CT molecular complexity index is 318. The van der Waals surface area contributed by atoms with Gasteiger partial charge in [0.1, 0.15) is 0 Å². The fraction of sp³-hybridized carbons (Fsp3) is 0.700. The van der Waals surface area contributed by atoms with Crippen LogP contribution in [0.4, 0.5) is 0 Å². The van der Waals surface area contributed by atoms with E-state index in [0.29, 0.717) is 12.8 Å². The maximum absolute atomic E-state index is 11.6. The van der Waals surface area contributed by atoms with Gasteiger partial charge in [-0.1, -0.05) is 0 Å². The van der Waals surface area contributed by atoms with Crippen LogP contribution in [0.3, 0.4) is 0 Å². The molecule has 2 amide bonds. The molecule has 0 radical (unpaired) electrons. The molecule has 5 nitrogen and oxygen atoms in total. The highest BCUT2D eigenvalue weighted by Gasteiger charge is 2.59. The number of carboxylic acid groups (broad SMARTS) is 1. The monoisotopic (exact) mass is 211 g/mol. The van der Waals surface area contributed by atoms with Crippen LogP contribution >= 0.6 is 0 Å². The molecule has 1 saturated heterocycles. The summed E-state index contributed by atoms with van der Waals surface area (Å²) in [6.07, 6.45) is 1.03. The molecule has 2 rings (SSSR count). The largest absolute Gasteiger partial charge is 0.481 e. The molecule has 1 aliphatic heterocycles. The smallest absolute Gasteiger partial charge is 0.303 e. The maximum atomic E-state index is 11.6. The second kappa shape index (κ2) is 3.32. The number of amides is 2. The second-order valence-corrected chi connectivity index (χ2v) is 4.28. The summed E-state index contributed by atoms with van der Waals surface area (Å²) in [5.74, 6) is -1.30. The van der Waals surface area contributed by atoms with Gasteiger partial charge in [0.2, 0.25) is 11.8 Å². The van der Waals surface area contributed by atoms with Crippen molar-refractivity contribution in [2.75, 3.05) is 0 Å². The Kier molecular flexibility index (Phi) is 2.25. The number of imide groups is 1. The van der Waals surface area contributed by atoms with Gasteiger partial charge in [0.25, 0.3) is 0 Å². The molecule has 0 spiro atoms. The Morgan fingerprint density at radius 1 is 1.47 bits per heavy atom. The van der Waals surface area contributed by atoms with Crippen LogP contribution in [0.15, 0.2) is 0 Å². The van der Waals surface area contributed by atoms with Crippen molar-refractivity contribution < 1.29 is 19.5 Å². The van der Waals surface area contributed by atoms with Gasteiger partial charge < -0.3 is 5.11 Å². The van der Waals surface area contributed by atoms with Crippen LogP contribution in [-0.4, -0.2) is 33.8 Å². The molecule has 0 aromatic heterocycles. The molecule has 1 saturated carbocycles. The van der Waals surface area contributed by atoms with Gasteiger partial charge >= 0.3 is 5.97 Å². The van der Waals surface area contributed by atoms with E-state index in [-0.39, 0.29) is 36.1 Å². The molecule has 3 atom stereocenters. The number of carboxylic acids is 1. The fourth-order valence-electron chi connectivity index (χ4n) is 2.10. The lowest BCUT2D eigenvalue weighted by atomic mass is 10.1. The third-order valence-corrected chi connectivity index (χ3v) is 3.12. The van der Waals surface area contributed by atoms with Crippen molar-refractivity contribution in [2.45, 2.75) is 32.2 Å². The summed E-state index contributed by atoms with van der Waals surface area (Å²) >= 11 is 0. The Morgan fingerprint density at radius 2 is 2.00 bits per heavy atom. The number of aliphatic carboxylic acids is 1. The lowest BCUT2D eigenvalue weighted by Crippen LogP contribution is -2.40. The zero-order chi connectivity index (χ0) is 11.2. The van der Waals surface area contributed by atoms with Gasteiger partial charge in [0, 0.05) is 12.5 Å². The highest BCUT2D eigenvalue weighted by molar-refractivity contribution is 6.09. The van der Waals surface area contributed by atoms with Gasteiger partial charge in [-0.05, 0) is 19.8 Å². The van der Waals surface area contributed by atoms with E-state index in [9.17, 15) is 14.4 Å². The zero-order valence-electron chi connectivity index (χ0n) is 8.47. The van der Waals surface area contributed by atoms with Crippen LogP contribution in [0.1, 0.15) is 26.2 Å². The number of likely N-dealkylation sites (tertiary alicyclic amines) is 1. The molecule has 0 aromatic rings. The lowest BCUT2D eigenvalue weighted by molar-refractivity contribution is -0.145. The van der Waals surface area contributed by atoms with Gasteiger partial charge in [-0.2, -0.15) is 0 Å². The summed E-state index contributed by atoms with van der Waals surface area (Å²) < 4.78 is 0. The van der Waals surface area contributed by atoms with Crippen LogP contribution in [0.25, 0.3) is 0 Å². The van der Waals surface area contributed by atoms with Crippen molar-refractivity contribution in [1.82, 2.24) is 4.90 Å². The van der Waals surface area contributed by atoms with Crippen LogP contribution in [0, 0.1) is 11.8 Å². The van der Waals surface area contributed by atoms with Gasteiger partial charge in [-0.25, -0.2) is 0 Å². The standard InChI is InChI=1S/C10H13NO4/c1-5(2-3-8(12)13)11-9(14)6-4-7(6)10(11)15/h5-7H,2-4H2,1H3,(H,12,13)/t5-,6?,7?/m0/s1. The molecule has 1 N–H and O–H groups in total. The molecule has 2 aliphatic rings. The summed E-state index contributed by atoms with van der Waals surface area (Å²) in [6.45, 7) is 1.73. The molecule has 0 aromatic carbocycles. The number of hydrogen-bond acceptors (Lipinski definition) is 3. The Labute approximate surface area is 87.1 Å². The van der Waals surface area contributed by atoms with Gasteiger partial charge in [-0.15, -0.1) is 0 Å². The summed E-state index contributed by atoms with van der Waals surface area (Å²) in [5.41, 5.74) is 0. The predicted molar refractivity (Wildman–Crippen MR) is 49.8 cm³/mol. The minimum atomic E-state index is -0.897. The van der Waals surface area contributed by atoms with Crippen LogP contribution in [0.2, 0.25) is 0 Å². The topological polar surface area (TPSA) is 74.7 Å². The lowest BCUT2D eigenvalue weighted by Gasteiger charge is -2.23. The number of fused-ring (bicyclic) bond motifs is 1. The van der Waals surface area contributed by atoms with E-state index < -0.39 is 5.97 Å². The SMILES string of the molecule is C[C@@H](CCC(=O)O)N1C(=O)C2CC2C1=O. The van der Waals surface area contributed by atoms with Crippen LogP contribution in [-0.2, 0) is 14.4 Å². The molecule has 15 heavy (non-hydrogen) atoms. The number of piperidine rings is 1. The first-order valence-corrected chi connectivity index (χ1v) is 5.11. The van der Waals surface area contributed by atoms with Crippen molar-refractivity contribution in [1.29, 1.82) is 0 Å². The number of rotatable bonds is 4. The minimum absolute atomic E-state index is 0.00639. The van der Waals surface area contributed by atoms with Gasteiger partial charge in [0.15, 0.2) is 0 Å². The minimum Gasteiger partial charge on any atom is -0.481 e. The zero-order valence-corrected chi connectivity index (χ0v) is 8.47. The van der Waals surface area contributed by atoms with Crippen LogP contribution < -0.4 is 0 Å². The first-order chi connectivity index (χ1) is 7.02. The fourth-order valence-corrected chi connectivity index (χ4v) is 2.10. The normalized spacial score (nSPS) is 30.3. The van der Waals surface area contributed by atoms with Crippen molar-refractivity contribution in [2.24, 2.45) is 11.8 Å². The van der Waals surface area contributed by atoms with Crippen molar-refractivity contribution in [3.05, 3.63) is 0 Å². The third-order valence-electron chi connectivity index (χ3n) is 3.12. The van der Waals surface area contributed by atoms with E-state index in [1.165, 1.54) is 4.90 Å². The Hall–Kier alpha value is -1.39. The van der Waals surface area contributed by atoms with E-state index in [4.69, 9.17) is 5.11 Å². The van der Waals surface area contributed by atoms with Crippen molar-refractivity contribution >= 4 is 17.8 Å². The molecule has 0 bridgehead atoms. The first kappa shape index (κ1) is 10.1. The average Bonchev–Trinajstić information content (AvgIpc) is 2.89. The summed E-state index contributed by atoms with van der Waals surface area (Å²) in [5, 5.41) is 8.51. The highest BCUT2D eigenvalue weighted by atomic mass is 16.4. The van der Waals surface area contributed by atoms with E-state index in [1.807, 2.05) is 0 Å². The quantitative estimate of drug-likeness (QED) is 0.676. The number of nitrogens with zero attached hydrogens (tertiary/aromatic N) is 1. The third kappa shape index (κ3) is 1.62. The molecule has 2 fully saturated rings. The maximum Gasteiger partial charge on any atom is 0.303 e. The Morgan fingerprint density at radius 3 is 2.47 bits per heavy atom. The van der Waals surface area contributed by atoms with E-state index in [1.54, 1.807) is 6.92 Å². The van der Waals surface area contributed by atoms with E-state index in [0.717, 1.165) is 0 Å². The van der Waals surface area contributed by atoms with Gasteiger partial charge in [-0.3, -0.25) is 19.3 Å². The summed E-state index contributed by atoms with van der Waals surface area (Å²) in [6, 6.07) is -0.283. The summed E-state index contributed by atoms with van der Waals surface area (Å²) in [7, 11) is 0. The number of hydrogen-bond donors (Lipinski definition) is 1. The molecule has 2 unspecified atom stereocenters. The molecule has 1 aliphatic carbocycles. The van der Waals surface area contributed by atoms with E-state index >= 15 is 0 Å². The van der Waals surface area contributed by atoms with Gasteiger partial charge in [0.05, 0.1) is 11.8 Å². The summed E-state index contributed by atoms with van der Waals surface area (Å²) in [4.78, 5) is 34.8. The molecule has 5 heteroatoms. The Balaban J connectivity index is 1.96. The number of carbonyl (C=O) groups excluding carboxylic acids is 2. The average molecular weight is 211 g/mol.